The van der Waals surface area contributed by atoms with Gasteiger partial charge in [-0.25, -0.2) is 4.79 Å². The Morgan fingerprint density at radius 1 is 0.981 bits per heavy atom. The summed E-state index contributed by atoms with van der Waals surface area (Å²) in [5.74, 6) is -4.34. The third-order valence-electron chi connectivity index (χ3n) is 8.65. The van der Waals surface area contributed by atoms with E-state index in [0.717, 1.165) is 0 Å². The summed E-state index contributed by atoms with van der Waals surface area (Å²) in [7, 11) is 3.10. The number of Topliss-reactive ketones (excluding diaryl/α,β-unsaturated/α-hetero) is 1. The van der Waals surface area contributed by atoms with Crippen molar-refractivity contribution in [2.24, 2.45) is 5.41 Å². The molecule has 2 heterocycles. The number of alkyl carbamates (subject to hydrolysis) is 1. The highest BCUT2D eigenvalue weighted by Crippen LogP contribution is 2.28. The molecule has 16 nitrogen and oxygen atoms in total. The molecule has 2 aliphatic heterocycles. The van der Waals surface area contributed by atoms with Gasteiger partial charge in [0.2, 0.25) is 29.4 Å². The van der Waals surface area contributed by atoms with Crippen LogP contribution in [-0.2, 0) is 43.0 Å². The van der Waals surface area contributed by atoms with E-state index >= 15 is 0 Å². The van der Waals surface area contributed by atoms with E-state index in [1.54, 1.807) is 72.1 Å². The van der Waals surface area contributed by atoms with Crippen LogP contribution in [0.15, 0.2) is 30.3 Å². The Bertz CT molecular complexity index is 1420. The maximum Gasteiger partial charge on any atom is 0.407 e. The molecule has 2 saturated heterocycles. The second kappa shape index (κ2) is 19.9. The van der Waals surface area contributed by atoms with Crippen LogP contribution < -0.4 is 21.3 Å². The molecule has 1 unspecified atom stereocenters. The number of fused-ring (bicyclic) bond motifs is 2. The van der Waals surface area contributed by atoms with Crippen LogP contribution in [0.25, 0.3) is 0 Å². The molecule has 0 aromatic heterocycles. The average Bonchev–Trinajstić information content (AvgIpc) is 3.54. The number of ketones is 1. The molecule has 0 saturated carbocycles. The number of rotatable bonds is 11. The van der Waals surface area contributed by atoms with Crippen molar-refractivity contribution in [1.82, 2.24) is 31.1 Å². The molecular formula is C36H54N6O10. The van der Waals surface area contributed by atoms with E-state index in [2.05, 4.69) is 21.3 Å². The fourth-order valence-corrected chi connectivity index (χ4v) is 5.86. The largest absolute Gasteiger partial charge is 0.449 e. The van der Waals surface area contributed by atoms with E-state index in [1.165, 1.54) is 9.80 Å². The fraction of sp³-hybridized carbons (Fsp3) is 0.639. The van der Waals surface area contributed by atoms with E-state index in [0.29, 0.717) is 44.6 Å². The molecule has 4 N–H and O–H groups in total. The molecule has 3 rings (SSSR count). The number of hydrogen-bond acceptors (Lipinski definition) is 10. The standard InChI is InChI=1S/C36H54N6O10/c1-7-13-25(29(44)32(46)37-21-27(43)39-28(33(47)41(5)6)23-14-9-8-10-15-23)38-31(45)26-20-24-22-42(26)34(48)30(36(2,3)4)40-35(49)52-19-12-17-50-16-11-18-51-24/h8-10,14-15,24-26,28,30H,7,11-13,16-22H2,1-6H3,(H,37,46)(H,38,45)(H,39,43)(H,40,49)/t24-,25?,26+,28+,30-/m1/s1. The van der Waals surface area contributed by atoms with Crippen LogP contribution in [0.4, 0.5) is 4.79 Å². The number of carbonyl (C=O) groups excluding carboxylic acids is 7. The quantitative estimate of drug-likeness (QED) is 0.237. The zero-order valence-electron chi connectivity index (χ0n) is 31.0. The van der Waals surface area contributed by atoms with Gasteiger partial charge in [-0.15, -0.1) is 0 Å². The van der Waals surface area contributed by atoms with Crippen LogP contribution in [0.2, 0.25) is 0 Å². The predicted molar refractivity (Wildman–Crippen MR) is 189 cm³/mol. The smallest absolute Gasteiger partial charge is 0.407 e. The van der Waals surface area contributed by atoms with Gasteiger partial charge < -0.3 is 45.3 Å². The summed E-state index contributed by atoms with van der Waals surface area (Å²) in [4.78, 5) is 95.2. The minimum absolute atomic E-state index is 0.0589. The number of likely N-dealkylation sites (N-methyl/N-ethyl adjacent to an activating group) is 1. The highest BCUT2D eigenvalue weighted by atomic mass is 16.6. The molecule has 0 spiro atoms. The van der Waals surface area contributed by atoms with E-state index in [1.807, 2.05) is 0 Å². The topological polar surface area (TPSA) is 202 Å². The summed E-state index contributed by atoms with van der Waals surface area (Å²) >= 11 is 0. The van der Waals surface area contributed by atoms with Crippen molar-refractivity contribution in [3.05, 3.63) is 35.9 Å². The number of nitrogens with zero attached hydrogens (tertiary/aromatic N) is 2. The Morgan fingerprint density at radius 3 is 2.29 bits per heavy atom. The van der Waals surface area contributed by atoms with Gasteiger partial charge in [0.25, 0.3) is 5.91 Å². The van der Waals surface area contributed by atoms with Crippen molar-refractivity contribution in [2.45, 2.75) is 90.1 Å². The first-order chi connectivity index (χ1) is 24.6. The number of ether oxygens (including phenoxy) is 3. The van der Waals surface area contributed by atoms with Gasteiger partial charge in [0.05, 0.1) is 25.3 Å². The molecule has 2 fully saturated rings. The van der Waals surface area contributed by atoms with Crippen molar-refractivity contribution in [2.75, 3.05) is 53.6 Å². The van der Waals surface area contributed by atoms with Gasteiger partial charge in [0, 0.05) is 53.3 Å². The van der Waals surface area contributed by atoms with Crippen LogP contribution in [0, 0.1) is 5.41 Å². The van der Waals surface area contributed by atoms with Crippen molar-refractivity contribution in [1.29, 1.82) is 0 Å². The van der Waals surface area contributed by atoms with Crippen LogP contribution in [0.3, 0.4) is 0 Å². The van der Waals surface area contributed by atoms with Gasteiger partial charge in [-0.3, -0.25) is 28.8 Å². The van der Waals surface area contributed by atoms with Crippen molar-refractivity contribution < 1.29 is 47.8 Å². The van der Waals surface area contributed by atoms with E-state index in [4.69, 9.17) is 14.2 Å². The summed E-state index contributed by atoms with van der Waals surface area (Å²) in [5.41, 5.74) is -0.228. The number of cyclic esters (lactones) is 1. The Labute approximate surface area is 305 Å². The monoisotopic (exact) mass is 730 g/mol. The highest BCUT2D eigenvalue weighted by Gasteiger charge is 2.46. The zero-order chi connectivity index (χ0) is 38.4. The molecule has 2 aliphatic rings. The SMILES string of the molecule is CCCC(NC(=O)[C@@H]1C[C@@H]2CN1C(=O)[C@H](C(C)(C)C)NC(=O)OCCCOCCCO2)C(=O)C(=O)NCC(=O)N[C@H](C(=O)N(C)C)c1ccccc1. The zero-order valence-corrected chi connectivity index (χ0v) is 31.0. The molecule has 6 amide bonds. The molecule has 52 heavy (non-hydrogen) atoms. The van der Waals surface area contributed by atoms with Crippen molar-refractivity contribution in [3.8, 4) is 0 Å². The molecule has 288 valence electrons. The van der Waals surface area contributed by atoms with Gasteiger partial charge in [-0.05, 0) is 23.8 Å². The lowest BCUT2D eigenvalue weighted by molar-refractivity contribution is -0.144. The molecule has 0 aliphatic carbocycles. The second-order valence-electron chi connectivity index (χ2n) is 14.2. The summed E-state index contributed by atoms with van der Waals surface area (Å²) in [6.45, 7) is 7.81. The van der Waals surface area contributed by atoms with Gasteiger partial charge in [0.1, 0.15) is 18.1 Å². The normalized spacial score (nSPS) is 21.5. The molecular weight excluding hydrogens is 676 g/mol. The Kier molecular flexibility index (Phi) is 16.0. The van der Waals surface area contributed by atoms with Gasteiger partial charge in [-0.1, -0.05) is 64.4 Å². The van der Waals surface area contributed by atoms with Crippen molar-refractivity contribution in [3.63, 3.8) is 0 Å². The molecule has 2 bridgehead atoms. The van der Waals surface area contributed by atoms with E-state index in [9.17, 15) is 33.6 Å². The van der Waals surface area contributed by atoms with Crippen LogP contribution in [0.1, 0.15) is 71.4 Å². The van der Waals surface area contributed by atoms with E-state index in [-0.39, 0.29) is 31.9 Å². The minimum atomic E-state index is -1.25. The number of nitrogens with one attached hydrogen (secondary N) is 4. The molecule has 1 aromatic rings. The van der Waals surface area contributed by atoms with Gasteiger partial charge in [0.15, 0.2) is 0 Å². The number of amides is 6. The fourth-order valence-electron chi connectivity index (χ4n) is 5.86. The molecule has 0 radical (unpaired) electrons. The first kappa shape index (κ1) is 41.8. The summed E-state index contributed by atoms with van der Waals surface area (Å²) in [6, 6.07) is 4.19. The van der Waals surface area contributed by atoms with Gasteiger partial charge >= 0.3 is 6.09 Å². The number of benzene rings is 1. The number of hydrogen-bond donors (Lipinski definition) is 4. The lowest BCUT2D eigenvalue weighted by Crippen LogP contribution is -2.59. The first-order valence-electron chi connectivity index (χ1n) is 17.7. The maximum absolute atomic E-state index is 14.1. The summed E-state index contributed by atoms with van der Waals surface area (Å²) < 4.78 is 16.9. The summed E-state index contributed by atoms with van der Waals surface area (Å²) in [5, 5.41) is 10.2. The van der Waals surface area contributed by atoms with Crippen molar-refractivity contribution >= 4 is 41.4 Å². The Morgan fingerprint density at radius 2 is 1.65 bits per heavy atom. The van der Waals surface area contributed by atoms with Gasteiger partial charge in [-0.2, -0.15) is 0 Å². The predicted octanol–water partition coefficient (Wildman–Crippen LogP) is 0.840. The molecule has 1 aromatic carbocycles. The third-order valence-corrected chi connectivity index (χ3v) is 8.65. The van der Waals surface area contributed by atoms with E-state index < -0.39 is 77.7 Å². The number of carbonyl (C=O) groups is 7. The molecule has 5 atom stereocenters. The van der Waals surface area contributed by atoms with Crippen LogP contribution >= 0.6 is 0 Å². The lowest BCUT2D eigenvalue weighted by atomic mass is 9.85. The Balaban J connectivity index is 1.73. The highest BCUT2D eigenvalue weighted by molar-refractivity contribution is 6.38. The lowest BCUT2D eigenvalue weighted by Gasteiger charge is -2.35. The first-order valence-corrected chi connectivity index (χ1v) is 17.7. The third kappa shape index (κ3) is 12.3. The Hall–Kier alpha value is -4.57. The average molecular weight is 731 g/mol. The molecule has 16 heteroatoms. The maximum atomic E-state index is 14.1. The summed E-state index contributed by atoms with van der Waals surface area (Å²) in [6.07, 6.45) is 0.419. The minimum Gasteiger partial charge on any atom is -0.449 e. The second-order valence-corrected chi connectivity index (χ2v) is 14.2. The van der Waals surface area contributed by atoms with Crippen LogP contribution in [-0.4, -0.2) is 129 Å². The van der Waals surface area contributed by atoms with Crippen LogP contribution in [0.5, 0.6) is 0 Å².